The first-order valence-corrected chi connectivity index (χ1v) is 3.98. The van der Waals surface area contributed by atoms with E-state index in [0.717, 1.165) is 0 Å². The van der Waals surface area contributed by atoms with Crippen molar-refractivity contribution in [2.75, 3.05) is 7.11 Å². The maximum Gasteiger partial charge on any atom is 0.333 e. The lowest BCUT2D eigenvalue weighted by Gasteiger charge is -2.06. The third-order valence-corrected chi connectivity index (χ3v) is 1.77. The molecule has 0 bridgehead atoms. The zero-order valence-corrected chi connectivity index (χ0v) is 7.87. The minimum atomic E-state index is -0.863. The molecule has 0 amide bonds. The van der Waals surface area contributed by atoms with Gasteiger partial charge < -0.3 is 9.84 Å². The summed E-state index contributed by atoms with van der Waals surface area (Å²) in [5, 5.41) is 8.54. The van der Waals surface area contributed by atoms with Crippen LogP contribution in [0.2, 0.25) is 0 Å². The van der Waals surface area contributed by atoms with Crippen molar-refractivity contribution in [3.05, 3.63) is 12.2 Å². The average molecular weight is 186 g/mol. The molecule has 1 unspecified atom stereocenters. The number of hydrogen-bond donors (Lipinski definition) is 1. The highest BCUT2D eigenvalue weighted by Crippen LogP contribution is 2.11. The van der Waals surface area contributed by atoms with Gasteiger partial charge in [-0.2, -0.15) is 0 Å². The highest BCUT2D eigenvalue weighted by molar-refractivity contribution is 5.87. The number of aliphatic carboxylic acids is 1. The number of carboxylic acids is 1. The summed E-state index contributed by atoms with van der Waals surface area (Å²) >= 11 is 0. The van der Waals surface area contributed by atoms with Crippen molar-refractivity contribution in [2.45, 2.75) is 19.8 Å². The second-order valence-corrected chi connectivity index (χ2v) is 2.87. The van der Waals surface area contributed by atoms with E-state index in [0.29, 0.717) is 18.4 Å². The van der Waals surface area contributed by atoms with Crippen LogP contribution >= 0.6 is 0 Å². The number of carboxylic acid groups (broad SMARTS) is 1. The van der Waals surface area contributed by atoms with Gasteiger partial charge in [0.15, 0.2) is 0 Å². The molecule has 0 aromatic heterocycles. The zero-order valence-electron chi connectivity index (χ0n) is 7.87. The molecule has 0 fully saturated rings. The summed E-state index contributed by atoms with van der Waals surface area (Å²) in [7, 11) is 1.27. The van der Waals surface area contributed by atoms with Gasteiger partial charge in [-0.3, -0.25) is 4.79 Å². The standard InChI is InChI=1S/C9H14O4/c1-6(8(10)11)4-5-7(2)9(12)13-3/h6H,2,4-5H2,1,3H3,(H,10,11). The van der Waals surface area contributed by atoms with Crippen molar-refractivity contribution in [2.24, 2.45) is 5.92 Å². The van der Waals surface area contributed by atoms with Gasteiger partial charge in [0.2, 0.25) is 0 Å². The van der Waals surface area contributed by atoms with Crippen LogP contribution in [0.15, 0.2) is 12.2 Å². The Labute approximate surface area is 77.2 Å². The molecule has 0 heterocycles. The first kappa shape index (κ1) is 11.7. The van der Waals surface area contributed by atoms with Crippen molar-refractivity contribution in [3.8, 4) is 0 Å². The van der Waals surface area contributed by atoms with E-state index >= 15 is 0 Å². The van der Waals surface area contributed by atoms with E-state index in [-0.39, 0.29) is 0 Å². The van der Waals surface area contributed by atoms with Gasteiger partial charge in [0, 0.05) is 5.57 Å². The molecule has 13 heavy (non-hydrogen) atoms. The highest BCUT2D eigenvalue weighted by atomic mass is 16.5. The number of hydrogen-bond acceptors (Lipinski definition) is 3. The van der Waals surface area contributed by atoms with Crippen LogP contribution in [0.3, 0.4) is 0 Å². The predicted molar refractivity (Wildman–Crippen MR) is 47.2 cm³/mol. The van der Waals surface area contributed by atoms with Crippen LogP contribution in [-0.2, 0) is 14.3 Å². The molecule has 0 rings (SSSR count). The van der Waals surface area contributed by atoms with E-state index in [2.05, 4.69) is 11.3 Å². The van der Waals surface area contributed by atoms with Gasteiger partial charge in [-0.25, -0.2) is 4.79 Å². The van der Waals surface area contributed by atoms with Gasteiger partial charge in [0.25, 0.3) is 0 Å². The molecule has 0 saturated heterocycles. The lowest BCUT2D eigenvalue weighted by atomic mass is 10.0. The molecule has 1 atom stereocenters. The molecule has 0 saturated carbocycles. The SMILES string of the molecule is C=C(CCC(C)C(=O)O)C(=O)OC. The Balaban J connectivity index is 3.83. The third kappa shape index (κ3) is 4.30. The largest absolute Gasteiger partial charge is 0.481 e. The fraction of sp³-hybridized carbons (Fsp3) is 0.556. The lowest BCUT2D eigenvalue weighted by Crippen LogP contribution is -2.11. The van der Waals surface area contributed by atoms with Gasteiger partial charge >= 0.3 is 11.9 Å². The van der Waals surface area contributed by atoms with Crippen molar-refractivity contribution >= 4 is 11.9 Å². The first-order valence-electron chi connectivity index (χ1n) is 3.98. The Hall–Kier alpha value is -1.32. The molecular formula is C9H14O4. The fourth-order valence-electron chi connectivity index (χ4n) is 0.761. The highest BCUT2D eigenvalue weighted by Gasteiger charge is 2.13. The van der Waals surface area contributed by atoms with E-state index in [9.17, 15) is 9.59 Å². The van der Waals surface area contributed by atoms with Gasteiger partial charge in [-0.15, -0.1) is 0 Å². The van der Waals surface area contributed by atoms with Crippen LogP contribution in [0.1, 0.15) is 19.8 Å². The number of methoxy groups -OCH3 is 1. The number of ether oxygens (including phenoxy) is 1. The van der Waals surface area contributed by atoms with Crippen LogP contribution in [0.4, 0.5) is 0 Å². The Kier molecular flexibility index (Phi) is 4.80. The Morgan fingerprint density at radius 3 is 2.46 bits per heavy atom. The van der Waals surface area contributed by atoms with Crippen molar-refractivity contribution in [1.29, 1.82) is 0 Å². The van der Waals surface area contributed by atoms with Crippen molar-refractivity contribution in [1.82, 2.24) is 0 Å². The molecule has 0 aromatic carbocycles. The van der Waals surface area contributed by atoms with Gasteiger partial charge in [-0.05, 0) is 12.8 Å². The van der Waals surface area contributed by atoms with E-state index in [1.165, 1.54) is 7.11 Å². The third-order valence-electron chi connectivity index (χ3n) is 1.77. The minimum absolute atomic E-state index is 0.315. The van der Waals surface area contributed by atoms with Crippen LogP contribution in [0.25, 0.3) is 0 Å². The summed E-state index contributed by atoms with van der Waals surface area (Å²) in [6.45, 7) is 5.08. The molecule has 4 nitrogen and oxygen atoms in total. The van der Waals surface area contributed by atoms with Crippen LogP contribution in [-0.4, -0.2) is 24.2 Å². The Morgan fingerprint density at radius 2 is 2.08 bits per heavy atom. The van der Waals surface area contributed by atoms with E-state index in [1.54, 1.807) is 6.92 Å². The second kappa shape index (κ2) is 5.35. The molecule has 0 spiro atoms. The predicted octanol–water partition coefficient (Wildman–Crippen LogP) is 1.22. The second-order valence-electron chi connectivity index (χ2n) is 2.87. The summed E-state index contributed by atoms with van der Waals surface area (Å²) in [5.74, 6) is -1.79. The number of carbonyl (C=O) groups is 2. The Bertz CT molecular complexity index is 220. The molecule has 0 aliphatic carbocycles. The van der Waals surface area contributed by atoms with Crippen LogP contribution < -0.4 is 0 Å². The van der Waals surface area contributed by atoms with Crippen LogP contribution in [0, 0.1) is 5.92 Å². The first-order chi connectivity index (χ1) is 5.99. The molecular weight excluding hydrogens is 172 g/mol. The van der Waals surface area contributed by atoms with Crippen LogP contribution in [0.5, 0.6) is 0 Å². The van der Waals surface area contributed by atoms with E-state index in [1.807, 2.05) is 0 Å². The quantitative estimate of drug-likeness (QED) is 0.518. The van der Waals surface area contributed by atoms with Gasteiger partial charge in [0.1, 0.15) is 0 Å². The average Bonchev–Trinajstić information content (AvgIpc) is 2.11. The molecule has 0 aliphatic rings. The summed E-state index contributed by atoms with van der Waals surface area (Å²) in [5.41, 5.74) is 0.315. The molecule has 0 aliphatic heterocycles. The monoisotopic (exact) mass is 186 g/mol. The molecule has 4 heteroatoms. The topological polar surface area (TPSA) is 63.6 Å². The number of carbonyl (C=O) groups excluding carboxylic acids is 1. The molecule has 74 valence electrons. The van der Waals surface area contributed by atoms with Gasteiger partial charge in [0.05, 0.1) is 13.0 Å². The maximum atomic E-state index is 10.8. The maximum absolute atomic E-state index is 10.8. The zero-order chi connectivity index (χ0) is 10.4. The van der Waals surface area contributed by atoms with Gasteiger partial charge in [-0.1, -0.05) is 13.5 Å². The normalized spacial score (nSPS) is 11.8. The summed E-state index contributed by atoms with van der Waals surface area (Å²) < 4.78 is 4.42. The molecule has 1 N–H and O–H groups in total. The molecule has 0 aromatic rings. The van der Waals surface area contributed by atoms with Crippen molar-refractivity contribution < 1.29 is 19.4 Å². The number of esters is 1. The lowest BCUT2D eigenvalue weighted by molar-refractivity contribution is -0.141. The summed E-state index contributed by atoms with van der Waals surface area (Å²) in [6, 6.07) is 0. The number of rotatable bonds is 5. The van der Waals surface area contributed by atoms with Crippen molar-refractivity contribution in [3.63, 3.8) is 0 Å². The van der Waals surface area contributed by atoms with E-state index < -0.39 is 17.9 Å². The summed E-state index contributed by atoms with van der Waals surface area (Å²) in [6.07, 6.45) is 0.767. The fourth-order valence-corrected chi connectivity index (χ4v) is 0.761. The smallest absolute Gasteiger partial charge is 0.333 e. The van der Waals surface area contributed by atoms with E-state index in [4.69, 9.17) is 5.11 Å². The Morgan fingerprint density at radius 1 is 1.54 bits per heavy atom. The molecule has 0 radical (unpaired) electrons. The summed E-state index contributed by atoms with van der Waals surface area (Å²) in [4.78, 5) is 21.2. The minimum Gasteiger partial charge on any atom is -0.481 e.